The molecule has 2 aromatic rings. The van der Waals surface area contributed by atoms with Crippen molar-refractivity contribution in [1.29, 1.82) is 0 Å². The van der Waals surface area contributed by atoms with Gasteiger partial charge in [0.1, 0.15) is 17.2 Å². The highest BCUT2D eigenvalue weighted by Crippen LogP contribution is 2.40. The Hall–Kier alpha value is -2.34. The Balaban J connectivity index is 2.18. The largest absolute Gasteiger partial charge is 0.443 e. The standard InChI is InChI=1S/C17H17ClFN3O2/c1-17(2,3)24-16(23)22-14-8-12(19)11(18)7-13(14)21-9-10-5-4-6-20-15(10)22/h4-8,21H,9H2,1-3H3. The van der Waals surface area contributed by atoms with E-state index in [4.69, 9.17) is 16.3 Å². The van der Waals surface area contributed by atoms with Crippen molar-refractivity contribution in [3.63, 3.8) is 0 Å². The van der Waals surface area contributed by atoms with Crippen molar-refractivity contribution < 1.29 is 13.9 Å². The fourth-order valence-electron chi connectivity index (χ4n) is 2.43. The molecule has 1 aliphatic rings. The number of hydrogen-bond acceptors (Lipinski definition) is 4. The highest BCUT2D eigenvalue weighted by molar-refractivity contribution is 6.31. The monoisotopic (exact) mass is 349 g/mol. The van der Waals surface area contributed by atoms with E-state index in [-0.39, 0.29) is 5.02 Å². The van der Waals surface area contributed by atoms with Gasteiger partial charge in [-0.2, -0.15) is 0 Å². The van der Waals surface area contributed by atoms with Gasteiger partial charge in [0.15, 0.2) is 0 Å². The third-order valence-electron chi connectivity index (χ3n) is 3.40. The number of fused-ring (bicyclic) bond motifs is 2. The van der Waals surface area contributed by atoms with Crippen molar-refractivity contribution in [2.24, 2.45) is 0 Å². The summed E-state index contributed by atoms with van der Waals surface area (Å²) in [5.74, 6) is -0.218. The lowest BCUT2D eigenvalue weighted by molar-refractivity contribution is 0.0598. The van der Waals surface area contributed by atoms with Gasteiger partial charge >= 0.3 is 6.09 Å². The van der Waals surface area contributed by atoms with Crippen LogP contribution in [0.1, 0.15) is 26.3 Å². The van der Waals surface area contributed by atoms with Crippen LogP contribution in [0.25, 0.3) is 0 Å². The lowest BCUT2D eigenvalue weighted by atomic mass is 10.2. The van der Waals surface area contributed by atoms with Crippen LogP contribution in [0.2, 0.25) is 5.02 Å². The highest BCUT2D eigenvalue weighted by atomic mass is 35.5. The summed E-state index contributed by atoms with van der Waals surface area (Å²) in [5.41, 5.74) is 0.932. The van der Waals surface area contributed by atoms with E-state index < -0.39 is 17.5 Å². The predicted molar refractivity (Wildman–Crippen MR) is 91.3 cm³/mol. The molecule has 0 fully saturated rings. The smallest absolute Gasteiger partial charge is 0.420 e. The Labute approximate surface area is 144 Å². The second-order valence-electron chi connectivity index (χ2n) is 6.44. The molecule has 2 heterocycles. The van der Waals surface area contributed by atoms with Gasteiger partial charge in [0.2, 0.25) is 0 Å². The summed E-state index contributed by atoms with van der Waals surface area (Å²) in [7, 11) is 0. The lowest BCUT2D eigenvalue weighted by Crippen LogP contribution is -2.34. The van der Waals surface area contributed by atoms with Crippen LogP contribution in [0.5, 0.6) is 0 Å². The van der Waals surface area contributed by atoms with Gasteiger partial charge in [-0.05, 0) is 32.9 Å². The highest BCUT2D eigenvalue weighted by Gasteiger charge is 2.31. The fraction of sp³-hybridized carbons (Fsp3) is 0.294. The minimum atomic E-state index is -0.698. The number of rotatable bonds is 0. The summed E-state index contributed by atoms with van der Waals surface area (Å²) < 4.78 is 19.5. The number of hydrogen-bond donors (Lipinski definition) is 1. The van der Waals surface area contributed by atoms with Crippen molar-refractivity contribution in [2.45, 2.75) is 32.9 Å². The third kappa shape index (κ3) is 3.14. The molecule has 1 amide bonds. The molecule has 5 nitrogen and oxygen atoms in total. The molecule has 1 aromatic carbocycles. The SMILES string of the molecule is CC(C)(C)OC(=O)N1c2cc(F)c(Cl)cc2NCc2cccnc21. The molecule has 0 bridgehead atoms. The lowest BCUT2D eigenvalue weighted by Gasteiger charge is -2.27. The number of benzene rings is 1. The number of amides is 1. The first-order chi connectivity index (χ1) is 11.3. The van der Waals surface area contributed by atoms with Crippen LogP contribution >= 0.6 is 11.6 Å². The predicted octanol–water partition coefficient (Wildman–Crippen LogP) is 4.87. The first kappa shape index (κ1) is 16.5. The Kier molecular flexibility index (Phi) is 4.09. The van der Waals surface area contributed by atoms with Crippen molar-refractivity contribution in [2.75, 3.05) is 10.2 Å². The first-order valence-electron chi connectivity index (χ1n) is 7.46. The van der Waals surface area contributed by atoms with E-state index in [2.05, 4.69) is 10.3 Å². The zero-order valence-electron chi connectivity index (χ0n) is 13.6. The van der Waals surface area contributed by atoms with E-state index in [1.54, 1.807) is 33.0 Å². The topological polar surface area (TPSA) is 54.5 Å². The van der Waals surface area contributed by atoms with E-state index in [1.807, 2.05) is 6.07 Å². The van der Waals surface area contributed by atoms with Crippen LogP contribution in [-0.2, 0) is 11.3 Å². The normalized spacial score (nSPS) is 13.5. The van der Waals surface area contributed by atoms with Gasteiger partial charge in [-0.25, -0.2) is 19.1 Å². The van der Waals surface area contributed by atoms with Crippen LogP contribution in [0.3, 0.4) is 0 Å². The van der Waals surface area contributed by atoms with Gasteiger partial charge in [0.25, 0.3) is 0 Å². The molecule has 0 spiro atoms. The number of carbonyl (C=O) groups excluding carboxylic acids is 1. The maximum absolute atomic E-state index is 14.0. The zero-order valence-corrected chi connectivity index (χ0v) is 14.3. The Bertz CT molecular complexity index is 805. The van der Waals surface area contributed by atoms with Gasteiger partial charge in [-0.15, -0.1) is 0 Å². The Morgan fingerprint density at radius 2 is 2.17 bits per heavy atom. The molecule has 0 unspecified atom stereocenters. The Morgan fingerprint density at radius 3 is 2.88 bits per heavy atom. The minimum Gasteiger partial charge on any atom is -0.443 e. The summed E-state index contributed by atoms with van der Waals surface area (Å²) in [6, 6.07) is 6.28. The molecule has 7 heteroatoms. The second-order valence-corrected chi connectivity index (χ2v) is 6.85. The molecular weight excluding hydrogens is 333 g/mol. The number of anilines is 3. The van der Waals surface area contributed by atoms with E-state index in [1.165, 1.54) is 17.0 Å². The summed E-state index contributed by atoms with van der Waals surface area (Å²) in [4.78, 5) is 18.3. The number of aromatic nitrogens is 1. The van der Waals surface area contributed by atoms with Crippen molar-refractivity contribution in [3.8, 4) is 0 Å². The summed E-state index contributed by atoms with van der Waals surface area (Å²) in [5, 5.41) is 3.13. The molecule has 3 rings (SSSR count). The molecule has 0 saturated carbocycles. The molecule has 1 N–H and O–H groups in total. The number of pyridine rings is 1. The van der Waals surface area contributed by atoms with E-state index in [0.717, 1.165) is 5.56 Å². The fourth-order valence-corrected chi connectivity index (χ4v) is 2.59. The zero-order chi connectivity index (χ0) is 17.5. The average Bonchev–Trinajstić information content (AvgIpc) is 2.63. The quantitative estimate of drug-likeness (QED) is 0.737. The van der Waals surface area contributed by atoms with E-state index in [9.17, 15) is 9.18 Å². The molecule has 0 saturated heterocycles. The van der Waals surface area contributed by atoms with Crippen LogP contribution in [0.15, 0.2) is 30.5 Å². The van der Waals surface area contributed by atoms with E-state index >= 15 is 0 Å². The van der Waals surface area contributed by atoms with Gasteiger partial charge in [0.05, 0.1) is 16.4 Å². The second kappa shape index (κ2) is 5.94. The van der Waals surface area contributed by atoms with Gasteiger partial charge in [0, 0.05) is 24.4 Å². The molecule has 24 heavy (non-hydrogen) atoms. The summed E-state index contributed by atoms with van der Waals surface area (Å²) >= 11 is 5.88. The first-order valence-corrected chi connectivity index (χ1v) is 7.84. The van der Waals surface area contributed by atoms with Gasteiger partial charge in [-0.3, -0.25) is 0 Å². The molecule has 0 radical (unpaired) electrons. The minimum absolute atomic E-state index is 0.0238. The Morgan fingerprint density at radius 1 is 1.42 bits per heavy atom. The average molecular weight is 350 g/mol. The number of nitrogens with zero attached hydrogens (tertiary/aromatic N) is 2. The van der Waals surface area contributed by atoms with Crippen molar-refractivity contribution >= 4 is 34.9 Å². The number of halogens is 2. The van der Waals surface area contributed by atoms with Gasteiger partial charge < -0.3 is 10.1 Å². The number of carbonyl (C=O) groups is 1. The molecule has 1 aromatic heterocycles. The van der Waals surface area contributed by atoms with Crippen LogP contribution in [0.4, 0.5) is 26.4 Å². The third-order valence-corrected chi connectivity index (χ3v) is 3.69. The van der Waals surface area contributed by atoms with Gasteiger partial charge in [-0.1, -0.05) is 17.7 Å². The van der Waals surface area contributed by atoms with Crippen LogP contribution < -0.4 is 10.2 Å². The molecule has 1 aliphatic heterocycles. The van der Waals surface area contributed by atoms with Crippen LogP contribution in [-0.4, -0.2) is 16.7 Å². The van der Waals surface area contributed by atoms with Crippen LogP contribution in [0, 0.1) is 5.82 Å². The summed E-state index contributed by atoms with van der Waals surface area (Å²) in [6.07, 6.45) is 0.946. The molecule has 0 atom stereocenters. The van der Waals surface area contributed by atoms with Crippen molar-refractivity contribution in [1.82, 2.24) is 4.98 Å². The molecule has 0 aliphatic carbocycles. The maximum atomic E-state index is 14.0. The summed E-state index contributed by atoms with van der Waals surface area (Å²) in [6.45, 7) is 5.73. The molecule has 126 valence electrons. The maximum Gasteiger partial charge on any atom is 0.420 e. The molecular formula is C17H17ClFN3O2. The number of ether oxygens (including phenoxy) is 1. The number of nitrogens with one attached hydrogen (secondary N) is 1. The van der Waals surface area contributed by atoms with Crippen molar-refractivity contribution in [3.05, 3.63) is 46.9 Å². The van der Waals surface area contributed by atoms with E-state index in [0.29, 0.717) is 23.7 Å².